The molecule has 1 fully saturated rings. The average molecular weight is 240 g/mol. The fraction of sp³-hybridized carbons (Fsp3) is 0.583. The summed E-state index contributed by atoms with van der Waals surface area (Å²) in [6.07, 6.45) is 5.39. The summed E-state index contributed by atoms with van der Waals surface area (Å²) >= 11 is 2.01. The van der Waals surface area contributed by atoms with Gasteiger partial charge in [0.05, 0.1) is 6.20 Å². The summed E-state index contributed by atoms with van der Waals surface area (Å²) in [4.78, 5) is 3.88. The fourth-order valence-corrected chi connectivity index (χ4v) is 3.09. The van der Waals surface area contributed by atoms with Gasteiger partial charge in [0.25, 0.3) is 0 Å². The number of nitrogens with one attached hydrogen (secondary N) is 1. The smallest absolute Gasteiger partial charge is 0.141 e. The summed E-state index contributed by atoms with van der Waals surface area (Å²) in [7, 11) is 0. The first kappa shape index (κ1) is 11.9. The Kier molecular flexibility index (Phi) is 4.18. The van der Waals surface area contributed by atoms with Crippen LogP contribution in [0.4, 0.5) is 4.39 Å². The van der Waals surface area contributed by atoms with E-state index in [2.05, 4.69) is 17.2 Å². The maximum Gasteiger partial charge on any atom is 0.141 e. The molecule has 1 N–H and O–H groups in total. The lowest BCUT2D eigenvalue weighted by Gasteiger charge is -2.26. The molecule has 0 radical (unpaired) electrons. The Morgan fingerprint density at radius 1 is 1.44 bits per heavy atom. The average Bonchev–Trinajstić information content (AvgIpc) is 2.30. The molecule has 0 bridgehead atoms. The van der Waals surface area contributed by atoms with Crippen molar-refractivity contribution in [1.29, 1.82) is 0 Å². The van der Waals surface area contributed by atoms with E-state index in [0.29, 0.717) is 6.04 Å². The van der Waals surface area contributed by atoms with Gasteiger partial charge in [-0.2, -0.15) is 11.8 Å². The minimum Gasteiger partial charge on any atom is -0.307 e. The molecule has 16 heavy (non-hydrogen) atoms. The van der Waals surface area contributed by atoms with Crippen molar-refractivity contribution in [2.45, 2.75) is 31.8 Å². The second-order valence-corrected chi connectivity index (χ2v) is 5.44. The first-order valence-electron chi connectivity index (χ1n) is 5.70. The molecule has 1 atom stereocenters. The molecule has 88 valence electrons. The predicted molar refractivity (Wildman–Crippen MR) is 66.1 cm³/mol. The van der Waals surface area contributed by atoms with Crippen molar-refractivity contribution in [1.82, 2.24) is 10.3 Å². The van der Waals surface area contributed by atoms with E-state index in [-0.39, 0.29) is 11.9 Å². The molecule has 0 aromatic carbocycles. The number of rotatable bonds is 3. The van der Waals surface area contributed by atoms with Gasteiger partial charge in [0.2, 0.25) is 0 Å². The van der Waals surface area contributed by atoms with Crippen molar-refractivity contribution in [3.63, 3.8) is 0 Å². The minimum atomic E-state index is -0.259. The van der Waals surface area contributed by atoms with Crippen LogP contribution in [0.15, 0.2) is 18.5 Å². The van der Waals surface area contributed by atoms with E-state index < -0.39 is 0 Å². The Balaban J connectivity index is 1.94. The zero-order valence-corrected chi connectivity index (χ0v) is 10.3. The second-order valence-electron chi connectivity index (χ2n) is 4.21. The molecule has 0 saturated carbocycles. The second kappa shape index (κ2) is 5.64. The molecule has 2 nitrogen and oxygen atoms in total. The van der Waals surface area contributed by atoms with Crippen LogP contribution in [0.2, 0.25) is 0 Å². The van der Waals surface area contributed by atoms with Gasteiger partial charge in [0.15, 0.2) is 0 Å². The third-order valence-electron chi connectivity index (χ3n) is 2.93. The molecule has 2 rings (SSSR count). The number of aromatic nitrogens is 1. The number of hydrogen-bond donors (Lipinski definition) is 1. The number of halogens is 1. The van der Waals surface area contributed by atoms with E-state index >= 15 is 0 Å². The molecule has 0 amide bonds. The third-order valence-corrected chi connectivity index (χ3v) is 3.98. The molecule has 2 heterocycles. The Morgan fingerprint density at radius 3 is 2.88 bits per heavy atom. The van der Waals surface area contributed by atoms with Crippen LogP contribution in [0.25, 0.3) is 0 Å². The zero-order valence-electron chi connectivity index (χ0n) is 9.45. The van der Waals surface area contributed by atoms with Gasteiger partial charge in [-0.1, -0.05) is 0 Å². The highest BCUT2D eigenvalue weighted by atomic mass is 32.2. The lowest BCUT2D eigenvalue weighted by Crippen LogP contribution is -2.34. The van der Waals surface area contributed by atoms with E-state index in [4.69, 9.17) is 0 Å². The maximum atomic E-state index is 13.0. The number of thioether (sulfide) groups is 1. The SMILES string of the molecule is CC(NC1CCSCC1)c1cncc(F)c1. The Bertz CT molecular complexity index is 340. The van der Waals surface area contributed by atoms with Crippen LogP contribution in [0.1, 0.15) is 31.4 Å². The van der Waals surface area contributed by atoms with Gasteiger partial charge < -0.3 is 5.32 Å². The topological polar surface area (TPSA) is 24.9 Å². The third kappa shape index (κ3) is 3.19. The molecule has 0 aliphatic carbocycles. The van der Waals surface area contributed by atoms with Crippen molar-refractivity contribution >= 4 is 11.8 Å². The van der Waals surface area contributed by atoms with E-state index in [1.807, 2.05) is 11.8 Å². The maximum absolute atomic E-state index is 13.0. The van der Waals surface area contributed by atoms with Crippen molar-refractivity contribution in [3.05, 3.63) is 29.8 Å². The molecular weight excluding hydrogens is 223 g/mol. The van der Waals surface area contributed by atoms with Crippen LogP contribution in [0, 0.1) is 5.82 Å². The molecule has 1 unspecified atom stereocenters. The monoisotopic (exact) mass is 240 g/mol. The normalized spacial score (nSPS) is 19.6. The molecule has 4 heteroatoms. The summed E-state index contributed by atoms with van der Waals surface area (Å²) in [5.74, 6) is 2.20. The summed E-state index contributed by atoms with van der Waals surface area (Å²) < 4.78 is 13.0. The largest absolute Gasteiger partial charge is 0.307 e. The highest BCUT2D eigenvalue weighted by Gasteiger charge is 2.16. The van der Waals surface area contributed by atoms with Crippen LogP contribution in [-0.4, -0.2) is 22.5 Å². The van der Waals surface area contributed by atoms with E-state index in [9.17, 15) is 4.39 Å². The molecular formula is C12H17FN2S. The van der Waals surface area contributed by atoms with Crippen molar-refractivity contribution in [2.24, 2.45) is 0 Å². The van der Waals surface area contributed by atoms with Gasteiger partial charge >= 0.3 is 0 Å². The summed E-state index contributed by atoms with van der Waals surface area (Å²) in [5.41, 5.74) is 0.929. The molecule has 0 spiro atoms. The van der Waals surface area contributed by atoms with Crippen molar-refractivity contribution in [2.75, 3.05) is 11.5 Å². The highest BCUT2D eigenvalue weighted by Crippen LogP contribution is 2.20. The van der Waals surface area contributed by atoms with E-state index in [0.717, 1.165) is 5.56 Å². The summed E-state index contributed by atoms with van der Waals surface area (Å²) in [5, 5.41) is 3.54. The zero-order chi connectivity index (χ0) is 11.4. The van der Waals surface area contributed by atoms with Crippen LogP contribution in [0.5, 0.6) is 0 Å². The first-order chi connectivity index (χ1) is 7.75. The molecule has 1 aliphatic rings. The minimum absolute atomic E-state index is 0.177. The molecule has 1 aromatic rings. The van der Waals surface area contributed by atoms with Crippen LogP contribution in [0.3, 0.4) is 0 Å². The van der Waals surface area contributed by atoms with Crippen LogP contribution >= 0.6 is 11.8 Å². The Labute approximate surface area is 100 Å². The Hall–Kier alpha value is -0.610. The van der Waals surface area contributed by atoms with Gasteiger partial charge in [0, 0.05) is 18.3 Å². The Morgan fingerprint density at radius 2 is 2.19 bits per heavy atom. The molecule has 1 aromatic heterocycles. The predicted octanol–water partition coefficient (Wildman–Crippen LogP) is 2.77. The highest BCUT2D eigenvalue weighted by molar-refractivity contribution is 7.99. The quantitative estimate of drug-likeness (QED) is 0.879. The number of hydrogen-bond acceptors (Lipinski definition) is 3. The van der Waals surface area contributed by atoms with Crippen molar-refractivity contribution < 1.29 is 4.39 Å². The van der Waals surface area contributed by atoms with Gasteiger partial charge in [-0.15, -0.1) is 0 Å². The number of nitrogens with zero attached hydrogens (tertiary/aromatic N) is 1. The van der Waals surface area contributed by atoms with Crippen LogP contribution < -0.4 is 5.32 Å². The fourth-order valence-electron chi connectivity index (χ4n) is 1.98. The standard InChI is InChI=1S/C12H17FN2S/c1-9(10-6-11(13)8-14-7-10)15-12-2-4-16-5-3-12/h6-9,12,15H,2-5H2,1H3. The lowest BCUT2D eigenvalue weighted by atomic mass is 10.1. The van der Waals surface area contributed by atoms with E-state index in [1.54, 1.807) is 12.3 Å². The van der Waals surface area contributed by atoms with Gasteiger partial charge in [-0.25, -0.2) is 4.39 Å². The molecule has 1 aliphatic heterocycles. The summed E-state index contributed by atoms with van der Waals surface area (Å²) in [6, 6.07) is 2.30. The van der Waals surface area contributed by atoms with E-state index in [1.165, 1.54) is 30.5 Å². The van der Waals surface area contributed by atoms with Crippen LogP contribution in [-0.2, 0) is 0 Å². The van der Waals surface area contributed by atoms with Crippen molar-refractivity contribution in [3.8, 4) is 0 Å². The number of pyridine rings is 1. The summed E-state index contributed by atoms with van der Waals surface area (Å²) in [6.45, 7) is 2.07. The molecule has 1 saturated heterocycles. The lowest BCUT2D eigenvalue weighted by molar-refractivity contribution is 0.429. The van der Waals surface area contributed by atoms with Gasteiger partial charge in [-0.05, 0) is 42.9 Å². The first-order valence-corrected chi connectivity index (χ1v) is 6.85. The van der Waals surface area contributed by atoms with Gasteiger partial charge in [-0.3, -0.25) is 4.98 Å². The van der Waals surface area contributed by atoms with Gasteiger partial charge in [0.1, 0.15) is 5.82 Å².